The van der Waals surface area contributed by atoms with Gasteiger partial charge in [0.1, 0.15) is 12.6 Å². The predicted octanol–water partition coefficient (Wildman–Crippen LogP) is 0.127. The van der Waals surface area contributed by atoms with Gasteiger partial charge in [0, 0.05) is 32.3 Å². The average Bonchev–Trinajstić information content (AvgIpc) is 2.75. The van der Waals surface area contributed by atoms with Gasteiger partial charge in [-0.2, -0.15) is 0 Å². The number of methoxy groups -OCH3 is 1. The number of carbonyl (C=O) groups excluding carboxylic acids is 2. The number of carbonyl (C=O) groups is 2. The first-order chi connectivity index (χ1) is 10.0. The van der Waals surface area contributed by atoms with Gasteiger partial charge < -0.3 is 20.3 Å². The van der Waals surface area contributed by atoms with Crippen molar-refractivity contribution in [3.63, 3.8) is 0 Å². The zero-order valence-electron chi connectivity index (χ0n) is 13.2. The SMILES string of the molecule is COCC(=O)N[C@H](C(=O)N1CCC2CCC(C1)N2)C(C)C. The summed E-state index contributed by atoms with van der Waals surface area (Å²) in [6.45, 7) is 5.42. The minimum absolute atomic E-state index is 0.0112. The fourth-order valence-corrected chi connectivity index (χ4v) is 3.20. The highest BCUT2D eigenvalue weighted by Crippen LogP contribution is 2.21. The first-order valence-electron chi connectivity index (χ1n) is 7.84. The predicted molar refractivity (Wildman–Crippen MR) is 79.8 cm³/mol. The molecule has 2 bridgehead atoms. The van der Waals surface area contributed by atoms with Crippen LogP contribution in [0.5, 0.6) is 0 Å². The maximum absolute atomic E-state index is 12.8. The van der Waals surface area contributed by atoms with Crippen molar-refractivity contribution in [2.75, 3.05) is 26.8 Å². The molecule has 2 amide bonds. The van der Waals surface area contributed by atoms with Gasteiger partial charge in [0.15, 0.2) is 0 Å². The second kappa shape index (κ2) is 7.22. The van der Waals surface area contributed by atoms with Crippen LogP contribution in [0.4, 0.5) is 0 Å². The van der Waals surface area contributed by atoms with Gasteiger partial charge >= 0.3 is 0 Å². The molecule has 6 heteroatoms. The number of hydrogen-bond acceptors (Lipinski definition) is 4. The van der Waals surface area contributed by atoms with Crippen molar-refractivity contribution in [2.24, 2.45) is 5.92 Å². The monoisotopic (exact) mass is 297 g/mol. The van der Waals surface area contributed by atoms with Gasteiger partial charge in [0.25, 0.3) is 0 Å². The van der Waals surface area contributed by atoms with Crippen LogP contribution in [0.1, 0.15) is 33.1 Å². The smallest absolute Gasteiger partial charge is 0.246 e. The van der Waals surface area contributed by atoms with E-state index in [2.05, 4.69) is 10.6 Å². The van der Waals surface area contributed by atoms with E-state index in [-0.39, 0.29) is 24.3 Å². The first kappa shape index (κ1) is 16.2. The van der Waals surface area contributed by atoms with E-state index in [1.807, 2.05) is 18.7 Å². The second-order valence-corrected chi connectivity index (χ2v) is 6.43. The molecule has 0 spiro atoms. The van der Waals surface area contributed by atoms with Crippen LogP contribution < -0.4 is 10.6 Å². The third-order valence-electron chi connectivity index (χ3n) is 4.36. The average molecular weight is 297 g/mol. The molecule has 2 fully saturated rings. The molecule has 0 aromatic rings. The molecule has 120 valence electrons. The van der Waals surface area contributed by atoms with E-state index >= 15 is 0 Å². The Labute approximate surface area is 126 Å². The zero-order valence-corrected chi connectivity index (χ0v) is 13.2. The van der Waals surface area contributed by atoms with E-state index in [1.54, 1.807) is 0 Å². The normalized spacial score (nSPS) is 26.6. The molecule has 2 rings (SSSR count). The van der Waals surface area contributed by atoms with Gasteiger partial charge in [0.05, 0.1) is 0 Å². The lowest BCUT2D eigenvalue weighted by atomic mass is 10.0. The summed E-state index contributed by atoms with van der Waals surface area (Å²) in [5.74, 6) is -0.144. The summed E-state index contributed by atoms with van der Waals surface area (Å²) >= 11 is 0. The quantitative estimate of drug-likeness (QED) is 0.756. The van der Waals surface area contributed by atoms with Crippen molar-refractivity contribution in [3.05, 3.63) is 0 Å². The summed E-state index contributed by atoms with van der Waals surface area (Å²) in [6.07, 6.45) is 3.35. The molecule has 3 atom stereocenters. The van der Waals surface area contributed by atoms with Crippen LogP contribution in [-0.4, -0.2) is 61.6 Å². The number of nitrogens with one attached hydrogen (secondary N) is 2. The molecule has 2 saturated heterocycles. The van der Waals surface area contributed by atoms with E-state index in [9.17, 15) is 9.59 Å². The van der Waals surface area contributed by atoms with Crippen LogP contribution in [0.3, 0.4) is 0 Å². The molecule has 2 heterocycles. The Hall–Kier alpha value is -1.14. The first-order valence-corrected chi connectivity index (χ1v) is 7.84. The summed E-state index contributed by atoms with van der Waals surface area (Å²) in [5, 5.41) is 6.37. The highest BCUT2D eigenvalue weighted by atomic mass is 16.5. The number of ether oxygens (including phenoxy) is 1. The lowest BCUT2D eigenvalue weighted by Crippen LogP contribution is -2.53. The van der Waals surface area contributed by atoms with E-state index in [1.165, 1.54) is 13.5 Å². The molecule has 2 N–H and O–H groups in total. The number of likely N-dealkylation sites (tertiary alicyclic amines) is 1. The molecule has 2 aliphatic rings. The Morgan fingerprint density at radius 3 is 2.67 bits per heavy atom. The highest BCUT2D eigenvalue weighted by Gasteiger charge is 2.34. The van der Waals surface area contributed by atoms with Crippen LogP contribution in [-0.2, 0) is 14.3 Å². The van der Waals surface area contributed by atoms with E-state index in [0.29, 0.717) is 12.1 Å². The summed E-state index contributed by atoms with van der Waals surface area (Å²) in [5.41, 5.74) is 0. The van der Waals surface area contributed by atoms with Crippen molar-refractivity contribution >= 4 is 11.8 Å². The summed E-state index contributed by atoms with van der Waals surface area (Å²) in [6, 6.07) is 0.488. The summed E-state index contributed by atoms with van der Waals surface area (Å²) in [4.78, 5) is 26.4. The van der Waals surface area contributed by atoms with Crippen molar-refractivity contribution < 1.29 is 14.3 Å². The van der Waals surface area contributed by atoms with Crippen molar-refractivity contribution in [2.45, 2.75) is 51.2 Å². The number of nitrogens with zero attached hydrogens (tertiary/aromatic N) is 1. The Morgan fingerprint density at radius 2 is 2.00 bits per heavy atom. The third-order valence-corrected chi connectivity index (χ3v) is 4.36. The lowest BCUT2D eigenvalue weighted by molar-refractivity contribution is -0.138. The van der Waals surface area contributed by atoms with Crippen LogP contribution in [0, 0.1) is 5.92 Å². The van der Waals surface area contributed by atoms with Gasteiger partial charge in [-0.1, -0.05) is 13.8 Å². The fourth-order valence-electron chi connectivity index (χ4n) is 3.20. The summed E-state index contributed by atoms with van der Waals surface area (Å²) < 4.78 is 4.82. The minimum Gasteiger partial charge on any atom is -0.375 e. The van der Waals surface area contributed by atoms with Crippen molar-refractivity contribution in [1.29, 1.82) is 0 Å². The largest absolute Gasteiger partial charge is 0.375 e. The van der Waals surface area contributed by atoms with Crippen molar-refractivity contribution in [1.82, 2.24) is 15.5 Å². The number of rotatable bonds is 5. The molecule has 0 aromatic heterocycles. The Morgan fingerprint density at radius 1 is 1.29 bits per heavy atom. The Kier molecular flexibility index (Phi) is 5.58. The number of hydrogen-bond donors (Lipinski definition) is 2. The molecule has 6 nitrogen and oxygen atoms in total. The molecular formula is C15H27N3O3. The molecule has 2 aliphatic heterocycles. The van der Waals surface area contributed by atoms with E-state index in [0.717, 1.165) is 25.9 Å². The highest BCUT2D eigenvalue weighted by molar-refractivity contribution is 5.88. The van der Waals surface area contributed by atoms with Gasteiger partial charge in [-0.3, -0.25) is 9.59 Å². The van der Waals surface area contributed by atoms with Crippen LogP contribution in [0.2, 0.25) is 0 Å². The Bertz CT molecular complexity index is 386. The number of amides is 2. The van der Waals surface area contributed by atoms with Gasteiger partial charge in [-0.25, -0.2) is 0 Å². The van der Waals surface area contributed by atoms with Gasteiger partial charge in [-0.15, -0.1) is 0 Å². The Balaban J connectivity index is 1.98. The van der Waals surface area contributed by atoms with E-state index < -0.39 is 6.04 Å². The third kappa shape index (κ3) is 4.17. The second-order valence-electron chi connectivity index (χ2n) is 6.43. The van der Waals surface area contributed by atoms with Gasteiger partial charge in [-0.05, 0) is 25.2 Å². The topological polar surface area (TPSA) is 70.7 Å². The van der Waals surface area contributed by atoms with Gasteiger partial charge in [0.2, 0.25) is 11.8 Å². The molecule has 2 unspecified atom stereocenters. The molecule has 0 saturated carbocycles. The van der Waals surface area contributed by atoms with E-state index in [4.69, 9.17) is 4.74 Å². The molecule has 21 heavy (non-hydrogen) atoms. The molecule has 0 aromatic carbocycles. The van der Waals surface area contributed by atoms with Crippen LogP contribution in [0.25, 0.3) is 0 Å². The maximum Gasteiger partial charge on any atom is 0.246 e. The molecular weight excluding hydrogens is 270 g/mol. The molecule has 0 aliphatic carbocycles. The fraction of sp³-hybridized carbons (Fsp3) is 0.867. The van der Waals surface area contributed by atoms with Crippen LogP contribution in [0.15, 0.2) is 0 Å². The summed E-state index contributed by atoms with van der Waals surface area (Å²) in [7, 11) is 1.48. The lowest BCUT2D eigenvalue weighted by Gasteiger charge is -2.30. The van der Waals surface area contributed by atoms with Crippen LogP contribution >= 0.6 is 0 Å². The minimum atomic E-state index is -0.468. The standard InChI is InChI=1S/C15H27N3O3/c1-10(2)14(17-13(19)9-21-3)15(20)18-7-6-11-4-5-12(8-18)16-11/h10-12,14,16H,4-9H2,1-3H3,(H,17,19)/t11?,12?,14-/m0/s1. The molecule has 0 radical (unpaired) electrons. The maximum atomic E-state index is 12.8. The van der Waals surface area contributed by atoms with Crippen molar-refractivity contribution in [3.8, 4) is 0 Å². The number of fused-ring (bicyclic) bond motifs is 2. The zero-order chi connectivity index (χ0) is 15.4.